The number of rotatable bonds is 6. The molecule has 0 unspecified atom stereocenters. The van der Waals surface area contributed by atoms with Gasteiger partial charge in [-0.15, -0.1) is 0 Å². The van der Waals surface area contributed by atoms with Crippen molar-refractivity contribution in [3.8, 4) is 0 Å². The molecule has 3 N–H and O–H groups in total. The second-order valence-corrected chi connectivity index (χ2v) is 4.54. The normalized spacial score (nSPS) is 10.4. The Bertz CT molecular complexity index is 434. The van der Waals surface area contributed by atoms with Crippen LogP contribution in [0.1, 0.15) is 22.8 Å². The van der Waals surface area contributed by atoms with E-state index in [4.69, 9.17) is 18.0 Å². The van der Waals surface area contributed by atoms with E-state index in [2.05, 4.69) is 17.1 Å². The van der Waals surface area contributed by atoms with Crippen LogP contribution in [0.25, 0.3) is 0 Å². The molecular weight excluding hydrogens is 246 g/mol. The van der Waals surface area contributed by atoms with E-state index in [9.17, 15) is 4.79 Å². The predicted octanol–water partition coefficient (Wildman–Crippen LogP) is 1.00. The van der Waals surface area contributed by atoms with Crippen LogP contribution in [0.15, 0.2) is 24.3 Å². The first-order valence-electron chi connectivity index (χ1n) is 5.91. The molecule has 0 radical (unpaired) electrons. The molecule has 1 aromatic rings. The lowest BCUT2D eigenvalue weighted by molar-refractivity contribution is 0.0950. The lowest BCUT2D eigenvalue weighted by Gasteiger charge is -2.14. The SMILES string of the molecule is CCN(C)CCNC(=O)c1cccc(C(N)=S)c1. The van der Waals surface area contributed by atoms with E-state index >= 15 is 0 Å². The first-order chi connectivity index (χ1) is 8.54. The van der Waals surface area contributed by atoms with E-state index in [1.807, 2.05) is 7.05 Å². The molecule has 0 aliphatic carbocycles. The molecule has 1 rings (SSSR count). The third-order valence-electron chi connectivity index (χ3n) is 2.73. The fraction of sp³-hybridized carbons (Fsp3) is 0.385. The van der Waals surface area contributed by atoms with Gasteiger partial charge in [0.05, 0.1) is 0 Å². The molecule has 0 spiro atoms. The molecule has 0 aromatic heterocycles. The summed E-state index contributed by atoms with van der Waals surface area (Å²) in [5.41, 5.74) is 6.83. The maximum absolute atomic E-state index is 11.9. The van der Waals surface area contributed by atoms with Gasteiger partial charge in [0, 0.05) is 24.2 Å². The van der Waals surface area contributed by atoms with Crippen LogP contribution in [0, 0.1) is 0 Å². The summed E-state index contributed by atoms with van der Waals surface area (Å²) >= 11 is 4.89. The number of carbonyl (C=O) groups excluding carboxylic acids is 1. The molecule has 0 saturated heterocycles. The minimum absolute atomic E-state index is 0.0994. The highest BCUT2D eigenvalue weighted by Crippen LogP contribution is 2.05. The Hall–Kier alpha value is -1.46. The maximum atomic E-state index is 11.9. The highest BCUT2D eigenvalue weighted by atomic mass is 32.1. The standard InChI is InChI=1S/C13H19N3OS/c1-3-16(2)8-7-15-13(17)11-6-4-5-10(9-11)12(14)18/h4-6,9H,3,7-8H2,1-2H3,(H2,14,18)(H,15,17). The van der Waals surface area contributed by atoms with Crippen molar-refractivity contribution in [1.82, 2.24) is 10.2 Å². The number of carbonyl (C=O) groups is 1. The van der Waals surface area contributed by atoms with Gasteiger partial charge in [-0.2, -0.15) is 0 Å². The second-order valence-electron chi connectivity index (χ2n) is 4.10. The smallest absolute Gasteiger partial charge is 0.251 e. The molecule has 1 amide bonds. The Morgan fingerprint density at radius 2 is 2.11 bits per heavy atom. The topological polar surface area (TPSA) is 58.4 Å². The number of benzene rings is 1. The molecule has 0 saturated carbocycles. The molecule has 0 fully saturated rings. The zero-order valence-corrected chi connectivity index (χ0v) is 11.6. The van der Waals surface area contributed by atoms with Crippen LogP contribution in [-0.2, 0) is 0 Å². The molecule has 1 aromatic carbocycles. The average molecular weight is 265 g/mol. The summed E-state index contributed by atoms with van der Waals surface area (Å²) in [7, 11) is 2.01. The van der Waals surface area contributed by atoms with Crippen LogP contribution in [0.3, 0.4) is 0 Å². The summed E-state index contributed by atoms with van der Waals surface area (Å²) < 4.78 is 0. The van der Waals surface area contributed by atoms with Gasteiger partial charge >= 0.3 is 0 Å². The van der Waals surface area contributed by atoms with Crippen molar-refractivity contribution in [2.75, 3.05) is 26.7 Å². The lowest BCUT2D eigenvalue weighted by atomic mass is 10.1. The van der Waals surface area contributed by atoms with Crippen LogP contribution < -0.4 is 11.1 Å². The molecule has 4 nitrogen and oxygen atoms in total. The van der Waals surface area contributed by atoms with Crippen molar-refractivity contribution >= 4 is 23.1 Å². The molecule has 5 heteroatoms. The van der Waals surface area contributed by atoms with Crippen LogP contribution in [0.4, 0.5) is 0 Å². The molecule has 0 aliphatic rings. The number of hydrogen-bond acceptors (Lipinski definition) is 3. The van der Waals surface area contributed by atoms with Crippen LogP contribution in [0.5, 0.6) is 0 Å². The van der Waals surface area contributed by atoms with Crippen LogP contribution >= 0.6 is 12.2 Å². The van der Waals surface area contributed by atoms with Crippen molar-refractivity contribution in [3.05, 3.63) is 35.4 Å². The van der Waals surface area contributed by atoms with E-state index < -0.39 is 0 Å². The van der Waals surface area contributed by atoms with Crippen molar-refractivity contribution in [3.63, 3.8) is 0 Å². The molecule has 0 aliphatic heterocycles. The molecule has 98 valence electrons. The number of nitrogens with zero attached hydrogens (tertiary/aromatic N) is 1. The summed E-state index contributed by atoms with van der Waals surface area (Å²) in [5.74, 6) is -0.0994. The Kier molecular flexibility index (Phi) is 5.74. The number of hydrogen-bond donors (Lipinski definition) is 2. The van der Waals surface area contributed by atoms with Gasteiger partial charge in [-0.1, -0.05) is 31.3 Å². The van der Waals surface area contributed by atoms with Gasteiger partial charge in [-0.3, -0.25) is 4.79 Å². The number of nitrogens with one attached hydrogen (secondary N) is 1. The third-order valence-corrected chi connectivity index (χ3v) is 2.96. The van der Waals surface area contributed by atoms with Gasteiger partial charge in [0.25, 0.3) is 5.91 Å². The lowest BCUT2D eigenvalue weighted by Crippen LogP contribution is -2.33. The number of amides is 1. The summed E-state index contributed by atoms with van der Waals surface area (Å²) in [6.07, 6.45) is 0. The minimum atomic E-state index is -0.0994. The maximum Gasteiger partial charge on any atom is 0.251 e. The summed E-state index contributed by atoms with van der Waals surface area (Å²) in [6, 6.07) is 7.04. The monoisotopic (exact) mass is 265 g/mol. The number of nitrogens with two attached hydrogens (primary N) is 1. The first-order valence-corrected chi connectivity index (χ1v) is 6.32. The van der Waals surface area contributed by atoms with E-state index in [-0.39, 0.29) is 5.91 Å². The molecule has 0 bridgehead atoms. The third kappa shape index (κ3) is 4.43. The second kappa shape index (κ2) is 7.08. The van der Waals surface area contributed by atoms with Gasteiger partial charge in [0.2, 0.25) is 0 Å². The molecule has 0 atom stereocenters. The molecule has 0 heterocycles. The number of likely N-dealkylation sites (N-methyl/N-ethyl adjacent to an activating group) is 1. The number of thiocarbonyl (C=S) groups is 1. The van der Waals surface area contributed by atoms with Gasteiger partial charge < -0.3 is 16.0 Å². The zero-order valence-electron chi connectivity index (χ0n) is 10.8. The zero-order chi connectivity index (χ0) is 13.5. The van der Waals surface area contributed by atoms with Crippen molar-refractivity contribution in [2.45, 2.75) is 6.92 Å². The Morgan fingerprint density at radius 1 is 1.44 bits per heavy atom. The van der Waals surface area contributed by atoms with Gasteiger partial charge in [-0.25, -0.2) is 0 Å². The fourth-order valence-corrected chi connectivity index (χ4v) is 1.56. The average Bonchev–Trinajstić information content (AvgIpc) is 2.38. The molecular formula is C13H19N3OS. The van der Waals surface area contributed by atoms with E-state index in [0.717, 1.165) is 13.1 Å². The van der Waals surface area contributed by atoms with Gasteiger partial charge in [0.15, 0.2) is 0 Å². The predicted molar refractivity (Wildman–Crippen MR) is 77.8 cm³/mol. The summed E-state index contributed by atoms with van der Waals surface area (Å²) in [5, 5.41) is 2.87. The van der Waals surface area contributed by atoms with E-state index in [0.29, 0.717) is 22.7 Å². The van der Waals surface area contributed by atoms with E-state index in [1.54, 1.807) is 24.3 Å². The minimum Gasteiger partial charge on any atom is -0.389 e. The van der Waals surface area contributed by atoms with Crippen molar-refractivity contribution in [1.29, 1.82) is 0 Å². The fourth-order valence-electron chi connectivity index (χ4n) is 1.43. The van der Waals surface area contributed by atoms with Crippen molar-refractivity contribution < 1.29 is 4.79 Å². The highest BCUT2D eigenvalue weighted by Gasteiger charge is 2.06. The Labute approximate surface area is 113 Å². The highest BCUT2D eigenvalue weighted by molar-refractivity contribution is 7.80. The summed E-state index contributed by atoms with van der Waals surface area (Å²) in [6.45, 7) is 4.50. The van der Waals surface area contributed by atoms with Crippen LogP contribution in [0.2, 0.25) is 0 Å². The largest absolute Gasteiger partial charge is 0.389 e. The summed E-state index contributed by atoms with van der Waals surface area (Å²) in [4.78, 5) is 14.3. The van der Waals surface area contributed by atoms with E-state index in [1.165, 1.54) is 0 Å². The molecule has 18 heavy (non-hydrogen) atoms. The van der Waals surface area contributed by atoms with Crippen LogP contribution in [-0.4, -0.2) is 42.5 Å². The first kappa shape index (κ1) is 14.6. The van der Waals surface area contributed by atoms with Gasteiger partial charge in [0.1, 0.15) is 4.99 Å². The van der Waals surface area contributed by atoms with Gasteiger partial charge in [-0.05, 0) is 25.7 Å². The Balaban J connectivity index is 2.56. The van der Waals surface area contributed by atoms with Crippen molar-refractivity contribution in [2.24, 2.45) is 5.73 Å². The Morgan fingerprint density at radius 3 is 2.72 bits per heavy atom. The quantitative estimate of drug-likeness (QED) is 0.754.